The molecule has 13 heavy (non-hydrogen) atoms. The summed E-state index contributed by atoms with van der Waals surface area (Å²) in [6, 6.07) is 0. The maximum atomic E-state index is 11.6. The molecule has 1 saturated carbocycles. The van der Waals surface area contributed by atoms with Gasteiger partial charge in [0.15, 0.2) is 0 Å². The van der Waals surface area contributed by atoms with Gasteiger partial charge in [0.05, 0.1) is 11.2 Å². The van der Waals surface area contributed by atoms with Crippen LogP contribution in [0, 0.1) is 5.41 Å². The minimum atomic E-state index is -3.47. The minimum absolute atomic E-state index is 0.0341. The lowest BCUT2D eigenvalue weighted by atomic mass is 9.70. The van der Waals surface area contributed by atoms with Crippen LogP contribution in [0.15, 0.2) is 0 Å². The molecule has 0 amide bonds. The first-order valence-corrected chi connectivity index (χ1v) is 6.20. The molecule has 2 fully saturated rings. The largest absolute Gasteiger partial charge is 0.315 e. The zero-order valence-electron chi connectivity index (χ0n) is 7.38. The zero-order chi connectivity index (χ0) is 9.53. The van der Waals surface area contributed by atoms with Crippen molar-refractivity contribution in [2.75, 3.05) is 18.8 Å². The summed E-state index contributed by atoms with van der Waals surface area (Å²) in [5.74, 6) is -0.0341. The molecular weight excluding hydrogens is 190 g/mol. The molecular formula is C8H13NO3S. The van der Waals surface area contributed by atoms with Crippen molar-refractivity contribution in [2.24, 2.45) is 5.41 Å². The van der Waals surface area contributed by atoms with Crippen LogP contribution in [0.3, 0.4) is 0 Å². The van der Waals surface area contributed by atoms with E-state index in [-0.39, 0.29) is 5.75 Å². The maximum absolute atomic E-state index is 11.6. The van der Waals surface area contributed by atoms with Gasteiger partial charge in [-0.05, 0) is 12.8 Å². The lowest BCUT2D eigenvalue weighted by molar-refractivity contribution is -0.124. The van der Waals surface area contributed by atoms with Gasteiger partial charge in [-0.3, -0.25) is 4.79 Å². The van der Waals surface area contributed by atoms with Crippen LogP contribution in [0.2, 0.25) is 0 Å². The molecule has 1 N–H and O–H groups in total. The van der Waals surface area contributed by atoms with Gasteiger partial charge in [-0.1, -0.05) is 6.42 Å². The topological polar surface area (TPSA) is 63.2 Å². The Bertz CT molecular complexity index is 329. The normalized spacial score (nSPS) is 30.9. The van der Waals surface area contributed by atoms with Crippen LogP contribution < -0.4 is 5.32 Å². The predicted octanol–water partition coefficient (Wildman–Crippen LogP) is -0.299. The summed E-state index contributed by atoms with van der Waals surface area (Å²) in [5.41, 5.74) is -0.560. The van der Waals surface area contributed by atoms with E-state index in [9.17, 15) is 13.2 Å². The molecule has 1 spiro atoms. The molecule has 0 bridgehead atoms. The van der Waals surface area contributed by atoms with E-state index >= 15 is 0 Å². The first-order valence-electron chi connectivity index (χ1n) is 4.55. The van der Waals surface area contributed by atoms with E-state index in [1.165, 1.54) is 0 Å². The van der Waals surface area contributed by atoms with Gasteiger partial charge in [-0.25, -0.2) is 8.42 Å². The van der Waals surface area contributed by atoms with Crippen LogP contribution in [-0.4, -0.2) is 32.4 Å². The van der Waals surface area contributed by atoms with E-state index in [2.05, 4.69) is 5.32 Å². The average Bonchev–Trinajstić information content (AvgIpc) is 2.10. The Morgan fingerprint density at radius 2 is 2.00 bits per heavy atom. The molecule has 2 aliphatic rings. The number of sulfone groups is 1. The molecule has 0 aromatic rings. The lowest BCUT2D eigenvalue weighted by Crippen LogP contribution is -2.46. The van der Waals surface area contributed by atoms with E-state index in [0.717, 1.165) is 19.3 Å². The third-order valence-corrected chi connectivity index (χ3v) is 4.78. The molecule has 1 aliphatic carbocycles. The number of hydrogen-bond donors (Lipinski definition) is 1. The van der Waals surface area contributed by atoms with Gasteiger partial charge in [-0.15, -0.1) is 0 Å². The average molecular weight is 203 g/mol. The number of carbonyl (C=O) groups is 1. The van der Waals surface area contributed by atoms with Crippen molar-refractivity contribution in [3.63, 3.8) is 0 Å². The molecule has 2 rings (SSSR count). The fraction of sp³-hybridized carbons (Fsp3) is 0.875. The van der Waals surface area contributed by atoms with Gasteiger partial charge in [0.25, 0.3) is 5.12 Å². The van der Waals surface area contributed by atoms with E-state index in [0.29, 0.717) is 13.1 Å². The van der Waals surface area contributed by atoms with Crippen LogP contribution >= 0.6 is 0 Å². The first kappa shape index (κ1) is 9.15. The second kappa shape index (κ2) is 2.78. The molecule has 1 saturated heterocycles. The van der Waals surface area contributed by atoms with Crippen molar-refractivity contribution >= 4 is 15.0 Å². The van der Waals surface area contributed by atoms with E-state index < -0.39 is 20.4 Å². The van der Waals surface area contributed by atoms with Crippen molar-refractivity contribution in [1.82, 2.24) is 5.32 Å². The van der Waals surface area contributed by atoms with Crippen LogP contribution in [0.1, 0.15) is 19.3 Å². The molecule has 0 atom stereocenters. The summed E-state index contributed by atoms with van der Waals surface area (Å²) in [7, 11) is -3.47. The van der Waals surface area contributed by atoms with Gasteiger partial charge in [0.2, 0.25) is 9.84 Å². The van der Waals surface area contributed by atoms with Gasteiger partial charge < -0.3 is 5.32 Å². The number of carbonyl (C=O) groups excluding carboxylic acids is 1. The molecule has 4 nitrogen and oxygen atoms in total. The van der Waals surface area contributed by atoms with Gasteiger partial charge in [0, 0.05) is 13.1 Å². The van der Waals surface area contributed by atoms with Crippen molar-refractivity contribution in [3.8, 4) is 0 Å². The SMILES string of the molecule is O=C1C2(CCC2)CNCCS1(=O)=O. The quantitative estimate of drug-likeness (QED) is 0.587. The Hall–Kier alpha value is -0.420. The summed E-state index contributed by atoms with van der Waals surface area (Å²) in [4.78, 5) is 11.6. The third-order valence-electron chi connectivity index (χ3n) is 3.04. The highest BCUT2D eigenvalue weighted by molar-refractivity contribution is 8.06. The van der Waals surface area contributed by atoms with Gasteiger partial charge in [-0.2, -0.15) is 0 Å². The standard InChI is InChI=1S/C8H13NO3S/c10-7-8(2-1-3-8)6-9-4-5-13(7,11)12/h9H,1-6H2. The molecule has 1 heterocycles. The van der Waals surface area contributed by atoms with Crippen LogP contribution in [0.5, 0.6) is 0 Å². The third kappa shape index (κ3) is 1.30. The van der Waals surface area contributed by atoms with Crippen molar-refractivity contribution in [3.05, 3.63) is 0 Å². The van der Waals surface area contributed by atoms with E-state index in [1.54, 1.807) is 0 Å². The highest BCUT2D eigenvalue weighted by Gasteiger charge is 2.50. The zero-order valence-corrected chi connectivity index (χ0v) is 8.19. The molecule has 0 aromatic heterocycles. The Kier molecular flexibility index (Phi) is 1.96. The van der Waals surface area contributed by atoms with E-state index in [1.807, 2.05) is 0 Å². The van der Waals surface area contributed by atoms with E-state index in [4.69, 9.17) is 0 Å². The molecule has 0 unspecified atom stereocenters. The smallest absolute Gasteiger partial charge is 0.253 e. The Balaban J connectivity index is 2.34. The van der Waals surface area contributed by atoms with Crippen molar-refractivity contribution < 1.29 is 13.2 Å². The summed E-state index contributed by atoms with van der Waals surface area (Å²) in [6.07, 6.45) is 2.44. The first-order chi connectivity index (χ1) is 6.07. The predicted molar refractivity (Wildman–Crippen MR) is 47.9 cm³/mol. The summed E-state index contributed by atoms with van der Waals surface area (Å²) >= 11 is 0. The fourth-order valence-corrected chi connectivity index (χ4v) is 3.55. The molecule has 74 valence electrons. The van der Waals surface area contributed by atoms with Crippen molar-refractivity contribution in [2.45, 2.75) is 19.3 Å². The summed E-state index contributed by atoms with van der Waals surface area (Å²) in [5, 5.41) is 2.51. The highest BCUT2D eigenvalue weighted by Crippen LogP contribution is 2.43. The van der Waals surface area contributed by atoms with Crippen molar-refractivity contribution in [1.29, 1.82) is 0 Å². The molecule has 0 aromatic carbocycles. The number of rotatable bonds is 0. The van der Waals surface area contributed by atoms with Gasteiger partial charge >= 0.3 is 0 Å². The van der Waals surface area contributed by atoms with Crippen LogP contribution in [-0.2, 0) is 14.6 Å². The Morgan fingerprint density at radius 1 is 1.31 bits per heavy atom. The minimum Gasteiger partial charge on any atom is -0.315 e. The van der Waals surface area contributed by atoms with Gasteiger partial charge in [0.1, 0.15) is 0 Å². The molecule has 1 aliphatic heterocycles. The van der Waals surface area contributed by atoms with Crippen LogP contribution in [0.4, 0.5) is 0 Å². The monoisotopic (exact) mass is 203 g/mol. The fourth-order valence-electron chi connectivity index (χ4n) is 2.01. The lowest BCUT2D eigenvalue weighted by Gasteiger charge is -2.38. The number of hydrogen-bond acceptors (Lipinski definition) is 4. The molecule has 5 heteroatoms. The second-order valence-corrected chi connectivity index (χ2v) is 5.93. The van der Waals surface area contributed by atoms with Crippen LogP contribution in [0.25, 0.3) is 0 Å². The highest BCUT2D eigenvalue weighted by atomic mass is 32.2. The summed E-state index contributed by atoms with van der Waals surface area (Å²) < 4.78 is 22.8. The molecule has 0 radical (unpaired) electrons. The maximum Gasteiger partial charge on any atom is 0.253 e. The Morgan fingerprint density at radius 3 is 2.54 bits per heavy atom. The number of nitrogens with one attached hydrogen (secondary N) is 1. The Labute approximate surface area is 77.6 Å². The summed E-state index contributed by atoms with van der Waals surface area (Å²) in [6.45, 7) is 0.959. The second-order valence-electron chi connectivity index (χ2n) is 3.92.